The molecule has 2 rings (SSSR count). The van der Waals surface area contributed by atoms with Crippen LogP contribution in [0.1, 0.15) is 5.56 Å². The smallest absolute Gasteiger partial charge is 0.277 e. The molecule has 0 aliphatic carbocycles. The van der Waals surface area contributed by atoms with Crippen molar-refractivity contribution in [3.63, 3.8) is 0 Å². The van der Waals surface area contributed by atoms with Gasteiger partial charge in [0.2, 0.25) is 0 Å². The van der Waals surface area contributed by atoms with Crippen molar-refractivity contribution in [3.05, 3.63) is 69.1 Å². The van der Waals surface area contributed by atoms with Gasteiger partial charge in [-0.05, 0) is 30.3 Å². The van der Waals surface area contributed by atoms with Crippen LogP contribution in [0, 0.1) is 0 Å². The molecule has 2 aromatic rings. The van der Waals surface area contributed by atoms with Gasteiger partial charge in [0.15, 0.2) is 6.61 Å². The summed E-state index contributed by atoms with van der Waals surface area (Å²) in [5.41, 5.74) is 3.07. The number of hydrogen-bond donors (Lipinski definition) is 1. The van der Waals surface area contributed by atoms with Crippen LogP contribution in [0.5, 0.6) is 11.5 Å². The predicted molar refractivity (Wildman–Crippen MR) is 108 cm³/mol. The van der Waals surface area contributed by atoms with Crippen molar-refractivity contribution < 1.29 is 14.3 Å². The quantitative estimate of drug-likeness (QED) is 0.350. The normalized spacial score (nSPS) is 10.6. The maximum Gasteiger partial charge on any atom is 0.277 e. The molecule has 0 atom stereocenters. The van der Waals surface area contributed by atoms with E-state index in [9.17, 15) is 4.79 Å². The molecule has 8 heteroatoms. The van der Waals surface area contributed by atoms with Gasteiger partial charge in [-0.2, -0.15) is 5.10 Å². The maximum absolute atomic E-state index is 11.8. The first-order valence-corrected chi connectivity index (χ1v) is 8.98. The molecular weight excluding hydrogens is 443 g/mol. The van der Waals surface area contributed by atoms with Crippen LogP contribution in [0.3, 0.4) is 0 Å². The van der Waals surface area contributed by atoms with E-state index >= 15 is 0 Å². The van der Waals surface area contributed by atoms with Gasteiger partial charge in [-0.15, -0.1) is 0 Å². The molecule has 0 radical (unpaired) electrons. The predicted octanol–water partition coefficient (Wildman–Crippen LogP) is 4.85. The Morgan fingerprint density at radius 1 is 1.23 bits per heavy atom. The molecule has 0 saturated heterocycles. The monoisotopic (exact) mass is 456 g/mol. The van der Waals surface area contributed by atoms with Crippen LogP contribution < -0.4 is 14.9 Å². The Morgan fingerprint density at radius 3 is 2.81 bits per heavy atom. The van der Waals surface area contributed by atoms with Gasteiger partial charge >= 0.3 is 0 Å². The fraction of sp³-hybridized carbons (Fsp3) is 0.111. The summed E-state index contributed by atoms with van der Waals surface area (Å²) in [6, 6.07) is 10.4. The van der Waals surface area contributed by atoms with E-state index in [1.807, 2.05) is 12.1 Å². The van der Waals surface area contributed by atoms with Gasteiger partial charge in [0.25, 0.3) is 5.91 Å². The van der Waals surface area contributed by atoms with Crippen LogP contribution in [-0.4, -0.2) is 25.3 Å². The summed E-state index contributed by atoms with van der Waals surface area (Å²) in [6.45, 7) is 3.72. The second-order valence-corrected chi connectivity index (χ2v) is 6.62. The zero-order valence-corrected chi connectivity index (χ0v) is 16.6. The molecule has 26 heavy (non-hydrogen) atoms. The number of nitrogens with one attached hydrogen (secondary N) is 1. The van der Waals surface area contributed by atoms with Crippen molar-refractivity contribution in [3.8, 4) is 11.5 Å². The highest BCUT2D eigenvalue weighted by Gasteiger charge is 2.08. The lowest BCUT2D eigenvalue weighted by molar-refractivity contribution is -0.123. The van der Waals surface area contributed by atoms with E-state index in [1.54, 1.807) is 30.3 Å². The molecule has 0 saturated carbocycles. The minimum atomic E-state index is -0.444. The molecule has 1 amide bonds. The van der Waals surface area contributed by atoms with Gasteiger partial charge in [0.1, 0.15) is 23.1 Å². The van der Waals surface area contributed by atoms with E-state index in [0.29, 0.717) is 28.7 Å². The average molecular weight is 458 g/mol. The summed E-state index contributed by atoms with van der Waals surface area (Å²) in [7, 11) is 0. The Hall–Kier alpha value is -2.02. The first-order valence-electron chi connectivity index (χ1n) is 7.43. The number of rotatable bonds is 8. The number of benzene rings is 2. The van der Waals surface area contributed by atoms with E-state index in [-0.39, 0.29) is 11.6 Å². The number of hydrazone groups is 1. The van der Waals surface area contributed by atoms with Crippen molar-refractivity contribution in [2.45, 2.75) is 0 Å². The molecule has 2 aromatic carbocycles. The lowest BCUT2D eigenvalue weighted by Gasteiger charge is -2.08. The van der Waals surface area contributed by atoms with E-state index in [2.05, 4.69) is 33.0 Å². The second-order valence-electron chi connectivity index (χ2n) is 4.92. The average Bonchev–Trinajstić information content (AvgIpc) is 2.62. The van der Waals surface area contributed by atoms with E-state index < -0.39 is 5.91 Å². The third-order valence-electron chi connectivity index (χ3n) is 3.00. The Bertz CT molecular complexity index is 828. The summed E-state index contributed by atoms with van der Waals surface area (Å²) in [5, 5.41) is 4.52. The lowest BCUT2D eigenvalue weighted by Crippen LogP contribution is -2.24. The molecule has 0 aliphatic rings. The molecule has 5 nitrogen and oxygen atoms in total. The van der Waals surface area contributed by atoms with Crippen molar-refractivity contribution >= 4 is 51.3 Å². The van der Waals surface area contributed by atoms with E-state index in [1.165, 1.54) is 6.21 Å². The largest absolute Gasteiger partial charge is 0.489 e. The summed E-state index contributed by atoms with van der Waals surface area (Å²) in [6.07, 6.45) is 3.12. The molecule has 0 bridgehead atoms. The number of nitrogens with zero attached hydrogens (tertiary/aromatic N) is 1. The van der Waals surface area contributed by atoms with Crippen LogP contribution >= 0.6 is 39.1 Å². The van der Waals surface area contributed by atoms with Crippen LogP contribution in [-0.2, 0) is 4.79 Å². The van der Waals surface area contributed by atoms with Gasteiger partial charge in [-0.1, -0.05) is 57.9 Å². The second kappa shape index (κ2) is 10.2. The molecule has 136 valence electrons. The third-order valence-corrected chi connectivity index (χ3v) is 4.29. The molecule has 0 aromatic heterocycles. The van der Waals surface area contributed by atoms with Crippen LogP contribution in [0.2, 0.25) is 10.0 Å². The number of hydrogen-bond acceptors (Lipinski definition) is 4. The molecular formula is C18H15BrCl2N2O3. The Labute approximate surface area is 169 Å². The molecule has 0 heterocycles. The SMILES string of the molecule is C=CCOc1ccc(Br)cc1/C=N\NC(=O)COc1cccc(Cl)c1Cl. The molecule has 0 aliphatic heterocycles. The van der Waals surface area contributed by atoms with Crippen molar-refractivity contribution in [2.24, 2.45) is 5.10 Å². The zero-order chi connectivity index (χ0) is 18.9. The summed E-state index contributed by atoms with van der Waals surface area (Å²) >= 11 is 15.3. The number of carbonyl (C=O) groups is 1. The molecule has 0 unspecified atom stereocenters. The van der Waals surface area contributed by atoms with Gasteiger partial charge in [-0.25, -0.2) is 5.43 Å². The number of halogens is 3. The highest BCUT2D eigenvalue weighted by molar-refractivity contribution is 9.10. The fourth-order valence-electron chi connectivity index (χ4n) is 1.85. The molecule has 0 spiro atoms. The van der Waals surface area contributed by atoms with Crippen molar-refractivity contribution in [1.29, 1.82) is 0 Å². The van der Waals surface area contributed by atoms with Gasteiger partial charge in [-0.3, -0.25) is 4.79 Å². The lowest BCUT2D eigenvalue weighted by atomic mass is 10.2. The maximum atomic E-state index is 11.8. The summed E-state index contributed by atoms with van der Waals surface area (Å²) in [5.74, 6) is 0.499. The van der Waals surface area contributed by atoms with E-state index in [0.717, 1.165) is 4.47 Å². The van der Waals surface area contributed by atoms with Crippen LogP contribution in [0.15, 0.2) is 58.6 Å². The number of ether oxygens (including phenoxy) is 2. The number of amides is 1. The Kier molecular flexibility index (Phi) is 7.97. The standard InChI is InChI=1S/C18H15BrCl2N2O3/c1-2-8-25-15-7-6-13(19)9-12(15)10-22-23-17(24)11-26-16-5-3-4-14(20)18(16)21/h2-7,9-10H,1,8,11H2,(H,23,24)/b22-10-. The highest BCUT2D eigenvalue weighted by atomic mass is 79.9. The third kappa shape index (κ3) is 6.05. The Morgan fingerprint density at radius 2 is 2.04 bits per heavy atom. The van der Waals surface area contributed by atoms with Crippen molar-refractivity contribution in [2.75, 3.05) is 13.2 Å². The Balaban J connectivity index is 1.93. The number of carbonyl (C=O) groups excluding carboxylic acids is 1. The van der Waals surface area contributed by atoms with E-state index in [4.69, 9.17) is 32.7 Å². The van der Waals surface area contributed by atoms with Gasteiger partial charge in [0, 0.05) is 10.0 Å². The first kappa shape index (κ1) is 20.3. The van der Waals surface area contributed by atoms with Gasteiger partial charge in [0.05, 0.1) is 11.2 Å². The zero-order valence-electron chi connectivity index (χ0n) is 13.5. The first-order chi connectivity index (χ1) is 12.5. The summed E-state index contributed by atoms with van der Waals surface area (Å²) < 4.78 is 11.7. The minimum Gasteiger partial charge on any atom is -0.489 e. The van der Waals surface area contributed by atoms with Crippen LogP contribution in [0.25, 0.3) is 0 Å². The van der Waals surface area contributed by atoms with Crippen molar-refractivity contribution in [1.82, 2.24) is 5.43 Å². The summed E-state index contributed by atoms with van der Waals surface area (Å²) in [4.78, 5) is 11.8. The molecule has 1 N–H and O–H groups in total. The van der Waals surface area contributed by atoms with Crippen LogP contribution in [0.4, 0.5) is 0 Å². The highest BCUT2D eigenvalue weighted by Crippen LogP contribution is 2.31. The topological polar surface area (TPSA) is 59.9 Å². The molecule has 0 fully saturated rings. The fourth-order valence-corrected chi connectivity index (χ4v) is 2.57. The van der Waals surface area contributed by atoms with Gasteiger partial charge < -0.3 is 9.47 Å². The minimum absolute atomic E-state index is 0.253.